The Balaban J connectivity index is 2.01. The number of aromatic nitrogens is 1. The summed E-state index contributed by atoms with van der Waals surface area (Å²) < 4.78 is 0. The van der Waals surface area contributed by atoms with Crippen LogP contribution < -0.4 is 10.2 Å². The smallest absolute Gasteiger partial charge is 0.128 e. The average Bonchev–Trinajstić information content (AvgIpc) is 2.49. The molecule has 1 aromatic heterocycles. The Bertz CT molecular complexity index is 544. The maximum atomic E-state index is 4.43. The standard InChI is InChI=1S/C18H25N3/c1-5-6-15-7-9-16(10-8-15)14(2)20-17-11-12-18(19-13-17)21(3)4/h7-14,20H,5-6H2,1-4H3. The highest BCUT2D eigenvalue weighted by atomic mass is 15.1. The monoisotopic (exact) mass is 283 g/mol. The minimum atomic E-state index is 0.271. The van der Waals surface area contributed by atoms with Gasteiger partial charge >= 0.3 is 0 Å². The molecule has 2 aromatic rings. The van der Waals surface area contributed by atoms with Crippen LogP contribution in [0.5, 0.6) is 0 Å². The van der Waals surface area contributed by atoms with E-state index in [1.54, 1.807) is 0 Å². The molecule has 0 saturated heterocycles. The van der Waals surface area contributed by atoms with E-state index in [-0.39, 0.29) is 6.04 Å². The molecule has 1 heterocycles. The summed E-state index contributed by atoms with van der Waals surface area (Å²) in [5.74, 6) is 0.970. The van der Waals surface area contributed by atoms with Crippen LogP contribution in [0.2, 0.25) is 0 Å². The highest BCUT2D eigenvalue weighted by molar-refractivity contribution is 5.49. The molecule has 0 aliphatic carbocycles. The van der Waals surface area contributed by atoms with Gasteiger partial charge in [-0.25, -0.2) is 4.98 Å². The van der Waals surface area contributed by atoms with Crippen molar-refractivity contribution in [2.75, 3.05) is 24.3 Å². The molecule has 1 aromatic carbocycles. The molecule has 1 unspecified atom stereocenters. The summed E-state index contributed by atoms with van der Waals surface area (Å²) in [6, 6.07) is 13.3. The quantitative estimate of drug-likeness (QED) is 0.858. The molecule has 21 heavy (non-hydrogen) atoms. The van der Waals surface area contributed by atoms with Gasteiger partial charge < -0.3 is 10.2 Å². The Labute approximate surface area is 128 Å². The lowest BCUT2D eigenvalue weighted by Gasteiger charge is -2.17. The first kappa shape index (κ1) is 15.4. The van der Waals surface area contributed by atoms with Gasteiger partial charge in [-0.3, -0.25) is 0 Å². The number of aryl methyl sites for hydroxylation is 1. The van der Waals surface area contributed by atoms with E-state index in [0.717, 1.165) is 17.9 Å². The second-order valence-electron chi connectivity index (χ2n) is 5.66. The Morgan fingerprint density at radius 1 is 1.10 bits per heavy atom. The SMILES string of the molecule is CCCc1ccc(C(C)Nc2ccc(N(C)C)nc2)cc1. The molecule has 0 fully saturated rings. The highest BCUT2D eigenvalue weighted by Gasteiger charge is 2.06. The lowest BCUT2D eigenvalue weighted by Crippen LogP contribution is -2.11. The first-order chi connectivity index (χ1) is 10.1. The third kappa shape index (κ3) is 4.22. The van der Waals surface area contributed by atoms with Gasteiger partial charge in [0.2, 0.25) is 0 Å². The minimum absolute atomic E-state index is 0.271. The Morgan fingerprint density at radius 2 is 1.81 bits per heavy atom. The number of rotatable bonds is 6. The van der Waals surface area contributed by atoms with E-state index in [9.17, 15) is 0 Å². The molecule has 0 radical (unpaired) electrons. The Morgan fingerprint density at radius 3 is 2.33 bits per heavy atom. The van der Waals surface area contributed by atoms with Crippen molar-refractivity contribution in [1.82, 2.24) is 4.98 Å². The summed E-state index contributed by atoms with van der Waals surface area (Å²) in [6.45, 7) is 4.39. The van der Waals surface area contributed by atoms with E-state index in [4.69, 9.17) is 0 Å². The number of benzene rings is 1. The van der Waals surface area contributed by atoms with Crippen LogP contribution in [0.15, 0.2) is 42.6 Å². The summed E-state index contributed by atoms with van der Waals surface area (Å²) >= 11 is 0. The summed E-state index contributed by atoms with van der Waals surface area (Å²) in [6.07, 6.45) is 4.23. The summed E-state index contributed by atoms with van der Waals surface area (Å²) in [5, 5.41) is 3.49. The van der Waals surface area contributed by atoms with E-state index in [1.807, 2.05) is 31.3 Å². The largest absolute Gasteiger partial charge is 0.377 e. The molecule has 2 rings (SSSR count). The van der Waals surface area contributed by atoms with Gasteiger partial charge in [-0.2, -0.15) is 0 Å². The van der Waals surface area contributed by atoms with Gasteiger partial charge in [0.1, 0.15) is 5.82 Å². The van der Waals surface area contributed by atoms with E-state index < -0.39 is 0 Å². The number of pyridine rings is 1. The highest BCUT2D eigenvalue weighted by Crippen LogP contribution is 2.20. The lowest BCUT2D eigenvalue weighted by atomic mass is 10.0. The zero-order valence-electron chi connectivity index (χ0n) is 13.4. The topological polar surface area (TPSA) is 28.2 Å². The Hall–Kier alpha value is -2.03. The molecule has 0 aliphatic heterocycles. The number of hydrogen-bond acceptors (Lipinski definition) is 3. The van der Waals surface area contributed by atoms with Crippen LogP contribution in [0.1, 0.15) is 37.4 Å². The molecule has 0 aliphatic rings. The van der Waals surface area contributed by atoms with Crippen LogP contribution >= 0.6 is 0 Å². The van der Waals surface area contributed by atoms with Crippen LogP contribution in [0, 0.1) is 0 Å². The molecule has 1 N–H and O–H groups in total. The molecule has 0 spiro atoms. The third-order valence-corrected chi connectivity index (χ3v) is 3.61. The van der Waals surface area contributed by atoms with Crippen molar-refractivity contribution in [1.29, 1.82) is 0 Å². The molecular weight excluding hydrogens is 258 g/mol. The van der Waals surface area contributed by atoms with E-state index in [1.165, 1.54) is 17.5 Å². The van der Waals surface area contributed by atoms with E-state index >= 15 is 0 Å². The third-order valence-electron chi connectivity index (χ3n) is 3.61. The van der Waals surface area contributed by atoms with Crippen molar-refractivity contribution in [3.8, 4) is 0 Å². The van der Waals surface area contributed by atoms with Crippen LogP contribution in [0.25, 0.3) is 0 Å². The maximum absolute atomic E-state index is 4.43. The molecule has 0 bridgehead atoms. The number of nitrogens with zero attached hydrogens (tertiary/aromatic N) is 2. The fourth-order valence-corrected chi connectivity index (χ4v) is 2.33. The summed E-state index contributed by atoms with van der Waals surface area (Å²) in [5.41, 5.74) is 3.75. The molecule has 0 saturated carbocycles. The number of nitrogens with one attached hydrogen (secondary N) is 1. The zero-order chi connectivity index (χ0) is 15.2. The van der Waals surface area contributed by atoms with Crippen molar-refractivity contribution >= 4 is 11.5 Å². The fourth-order valence-electron chi connectivity index (χ4n) is 2.33. The van der Waals surface area contributed by atoms with Crippen LogP contribution in [0.4, 0.5) is 11.5 Å². The van der Waals surface area contributed by atoms with Gasteiger partial charge in [-0.05, 0) is 36.6 Å². The second-order valence-corrected chi connectivity index (χ2v) is 5.66. The predicted octanol–water partition coefficient (Wildman–Crippen LogP) is 4.27. The number of anilines is 2. The van der Waals surface area contributed by atoms with E-state index in [2.05, 4.69) is 54.5 Å². The first-order valence-corrected chi connectivity index (χ1v) is 7.59. The van der Waals surface area contributed by atoms with Crippen molar-refractivity contribution in [3.05, 3.63) is 53.7 Å². The minimum Gasteiger partial charge on any atom is -0.377 e. The first-order valence-electron chi connectivity index (χ1n) is 7.59. The summed E-state index contributed by atoms with van der Waals surface area (Å²) in [4.78, 5) is 6.43. The van der Waals surface area contributed by atoms with Crippen molar-refractivity contribution < 1.29 is 0 Å². The van der Waals surface area contributed by atoms with Gasteiger partial charge in [-0.1, -0.05) is 37.6 Å². The average molecular weight is 283 g/mol. The Kier molecular flexibility index (Phi) is 5.20. The lowest BCUT2D eigenvalue weighted by molar-refractivity contribution is 0.874. The van der Waals surface area contributed by atoms with Crippen LogP contribution in [-0.2, 0) is 6.42 Å². The van der Waals surface area contributed by atoms with Crippen molar-refractivity contribution in [2.45, 2.75) is 32.7 Å². The molecule has 3 nitrogen and oxygen atoms in total. The van der Waals surface area contributed by atoms with Gasteiger partial charge in [0.25, 0.3) is 0 Å². The molecule has 0 amide bonds. The number of hydrogen-bond donors (Lipinski definition) is 1. The molecular formula is C18H25N3. The predicted molar refractivity (Wildman–Crippen MR) is 91.0 cm³/mol. The van der Waals surface area contributed by atoms with Gasteiger partial charge in [0.05, 0.1) is 11.9 Å². The molecule has 1 atom stereocenters. The van der Waals surface area contributed by atoms with Crippen LogP contribution in [-0.4, -0.2) is 19.1 Å². The zero-order valence-corrected chi connectivity index (χ0v) is 13.4. The maximum Gasteiger partial charge on any atom is 0.128 e. The fraction of sp³-hybridized carbons (Fsp3) is 0.389. The van der Waals surface area contributed by atoms with E-state index in [0.29, 0.717) is 0 Å². The van der Waals surface area contributed by atoms with Gasteiger partial charge in [-0.15, -0.1) is 0 Å². The van der Waals surface area contributed by atoms with Gasteiger partial charge in [0.15, 0.2) is 0 Å². The molecule has 3 heteroatoms. The molecule has 112 valence electrons. The normalized spacial score (nSPS) is 12.0. The van der Waals surface area contributed by atoms with Gasteiger partial charge in [0, 0.05) is 20.1 Å². The summed E-state index contributed by atoms with van der Waals surface area (Å²) in [7, 11) is 3.99. The van der Waals surface area contributed by atoms with Crippen LogP contribution in [0.3, 0.4) is 0 Å². The van der Waals surface area contributed by atoms with Crippen molar-refractivity contribution in [2.24, 2.45) is 0 Å². The van der Waals surface area contributed by atoms with Crippen molar-refractivity contribution in [3.63, 3.8) is 0 Å². The second kappa shape index (κ2) is 7.11.